The highest BCUT2D eigenvalue weighted by Crippen LogP contribution is 2.38. The van der Waals surface area contributed by atoms with Crippen molar-refractivity contribution in [3.05, 3.63) is 23.7 Å². The van der Waals surface area contributed by atoms with Crippen molar-refractivity contribution in [3.8, 4) is 0 Å². The fourth-order valence-corrected chi connectivity index (χ4v) is 2.91. The molecule has 4 nitrogen and oxygen atoms in total. The molecule has 0 saturated carbocycles. The quantitative estimate of drug-likeness (QED) is 0.733. The summed E-state index contributed by atoms with van der Waals surface area (Å²) in [5, 5.41) is 0. The summed E-state index contributed by atoms with van der Waals surface area (Å²) in [5.41, 5.74) is 0.742. The normalized spacial score (nSPS) is 30.3. The van der Waals surface area contributed by atoms with E-state index >= 15 is 0 Å². The predicted molar refractivity (Wildman–Crippen MR) is 81.8 cm³/mol. The van der Waals surface area contributed by atoms with Crippen molar-refractivity contribution in [1.29, 1.82) is 0 Å². The molecule has 2 aliphatic heterocycles. The lowest BCUT2D eigenvalue weighted by atomic mass is 9.86. The van der Waals surface area contributed by atoms with E-state index in [2.05, 4.69) is 39.8 Å². The maximum atomic E-state index is 5.96. The van der Waals surface area contributed by atoms with E-state index in [1.54, 1.807) is 0 Å². The Bertz CT molecular complexity index is 445. The third-order valence-electron chi connectivity index (χ3n) is 5.02. The molecule has 0 N–H and O–H groups in total. The average molecular weight is 292 g/mol. The van der Waals surface area contributed by atoms with Crippen molar-refractivity contribution in [3.63, 3.8) is 0 Å². The van der Waals surface area contributed by atoms with Crippen LogP contribution in [0.3, 0.4) is 0 Å². The van der Waals surface area contributed by atoms with Gasteiger partial charge in [-0.25, -0.2) is 0 Å². The molecule has 0 amide bonds. The van der Waals surface area contributed by atoms with Crippen LogP contribution in [0.5, 0.6) is 0 Å². The third kappa shape index (κ3) is 2.97. The Kier molecular flexibility index (Phi) is 3.81. The van der Waals surface area contributed by atoms with Gasteiger partial charge >= 0.3 is 7.12 Å². The van der Waals surface area contributed by atoms with Crippen molar-refractivity contribution in [2.24, 2.45) is 0 Å². The van der Waals surface area contributed by atoms with Crippen LogP contribution in [0.15, 0.2) is 23.7 Å². The fraction of sp³-hybridized carbons (Fsp3) is 0.750. The molecule has 2 saturated heterocycles. The van der Waals surface area contributed by atoms with Crippen LogP contribution in [0.25, 0.3) is 0 Å². The van der Waals surface area contributed by atoms with Gasteiger partial charge in [0.2, 0.25) is 0 Å². The Morgan fingerprint density at radius 1 is 1.05 bits per heavy atom. The maximum Gasteiger partial charge on any atom is 0.487 e. The highest BCUT2D eigenvalue weighted by atomic mass is 16.7. The summed E-state index contributed by atoms with van der Waals surface area (Å²) in [6.45, 7) is 9.71. The van der Waals surface area contributed by atoms with Gasteiger partial charge in [0.25, 0.3) is 0 Å². The van der Waals surface area contributed by atoms with Crippen LogP contribution in [-0.4, -0.2) is 37.3 Å². The predicted octanol–water partition coefficient (Wildman–Crippen LogP) is 3.03. The minimum atomic E-state index is -0.346. The minimum absolute atomic E-state index is 0.272. The first kappa shape index (κ1) is 15.3. The number of hydrogen-bond acceptors (Lipinski definition) is 4. The summed E-state index contributed by atoms with van der Waals surface area (Å²) < 4.78 is 23.4. The first-order valence-electron chi connectivity index (χ1n) is 7.83. The first-order chi connectivity index (χ1) is 9.82. The van der Waals surface area contributed by atoms with Gasteiger partial charge in [0.15, 0.2) is 5.79 Å². The molecule has 1 spiro atoms. The van der Waals surface area contributed by atoms with Crippen LogP contribution in [0.4, 0.5) is 0 Å². The van der Waals surface area contributed by atoms with Crippen LogP contribution in [-0.2, 0) is 18.8 Å². The van der Waals surface area contributed by atoms with Gasteiger partial charge in [-0.1, -0.05) is 23.7 Å². The molecule has 0 bridgehead atoms. The molecule has 0 aromatic rings. The van der Waals surface area contributed by atoms with Gasteiger partial charge in [0.1, 0.15) is 0 Å². The molecule has 1 aliphatic carbocycles. The molecular weight excluding hydrogens is 267 g/mol. The Morgan fingerprint density at radius 2 is 1.67 bits per heavy atom. The topological polar surface area (TPSA) is 36.9 Å². The minimum Gasteiger partial charge on any atom is -0.400 e. The van der Waals surface area contributed by atoms with Crippen molar-refractivity contribution < 1.29 is 18.8 Å². The maximum absolute atomic E-state index is 5.96. The monoisotopic (exact) mass is 292 g/mol. The van der Waals surface area contributed by atoms with E-state index in [0.717, 1.165) is 19.3 Å². The smallest absolute Gasteiger partial charge is 0.400 e. The SMILES string of the molecule is CC1(C)OB(/C=C\C2=CCC3(CC2)OCCO3)OC1(C)C. The lowest BCUT2D eigenvalue weighted by Gasteiger charge is -2.32. The lowest BCUT2D eigenvalue weighted by Crippen LogP contribution is -2.41. The van der Waals surface area contributed by atoms with E-state index in [4.69, 9.17) is 18.8 Å². The van der Waals surface area contributed by atoms with Crippen LogP contribution < -0.4 is 0 Å². The zero-order chi connectivity index (χ0) is 15.1. The molecule has 0 unspecified atom stereocenters. The van der Waals surface area contributed by atoms with E-state index in [9.17, 15) is 0 Å². The molecule has 5 heteroatoms. The van der Waals surface area contributed by atoms with E-state index in [1.807, 2.05) is 5.98 Å². The van der Waals surface area contributed by atoms with Crippen LogP contribution in [0.1, 0.15) is 47.0 Å². The van der Waals surface area contributed by atoms with Crippen LogP contribution in [0, 0.1) is 0 Å². The molecule has 116 valence electrons. The van der Waals surface area contributed by atoms with E-state index < -0.39 is 0 Å². The molecule has 0 aromatic carbocycles. The second-order valence-corrected chi connectivity index (χ2v) is 7.07. The van der Waals surface area contributed by atoms with Crippen molar-refractivity contribution in [2.45, 2.75) is 63.9 Å². The first-order valence-corrected chi connectivity index (χ1v) is 7.83. The number of rotatable bonds is 2. The second-order valence-electron chi connectivity index (χ2n) is 7.07. The fourth-order valence-electron chi connectivity index (χ4n) is 2.91. The molecular formula is C16H25BO4. The molecule has 0 aromatic heterocycles. The van der Waals surface area contributed by atoms with E-state index in [0.29, 0.717) is 13.2 Å². The Hall–Kier alpha value is -0.615. The molecule has 2 fully saturated rings. The van der Waals surface area contributed by atoms with Gasteiger partial charge in [-0.15, -0.1) is 0 Å². The van der Waals surface area contributed by atoms with Gasteiger partial charge in [-0.2, -0.15) is 0 Å². The zero-order valence-corrected chi connectivity index (χ0v) is 13.5. The Balaban J connectivity index is 1.59. The second kappa shape index (κ2) is 5.23. The molecule has 0 atom stereocenters. The Labute approximate surface area is 127 Å². The summed E-state index contributed by atoms with van der Waals surface area (Å²) in [6, 6.07) is 0. The highest BCUT2D eigenvalue weighted by Gasteiger charge is 2.50. The van der Waals surface area contributed by atoms with Gasteiger partial charge in [-0.3, -0.25) is 0 Å². The standard InChI is InChI=1S/C16H25BO4/c1-14(2)15(3,4)21-17(20-14)10-7-13-5-8-16(9-6-13)18-11-12-19-16/h5,7,10H,6,8-9,11-12H2,1-4H3/b10-7-. The van der Waals surface area contributed by atoms with E-state index in [1.165, 1.54) is 5.57 Å². The van der Waals surface area contributed by atoms with Crippen LogP contribution >= 0.6 is 0 Å². The van der Waals surface area contributed by atoms with Crippen molar-refractivity contribution >= 4 is 7.12 Å². The summed E-state index contributed by atoms with van der Waals surface area (Å²) >= 11 is 0. The largest absolute Gasteiger partial charge is 0.487 e. The van der Waals surface area contributed by atoms with Crippen molar-refractivity contribution in [2.75, 3.05) is 13.2 Å². The number of allylic oxidation sites excluding steroid dienone is 2. The average Bonchev–Trinajstić information content (AvgIpc) is 2.93. The van der Waals surface area contributed by atoms with Gasteiger partial charge in [-0.05, 0) is 34.1 Å². The summed E-state index contributed by atoms with van der Waals surface area (Å²) in [6.07, 6.45) is 7.04. The summed E-state index contributed by atoms with van der Waals surface area (Å²) in [5.74, 6) is 1.67. The third-order valence-corrected chi connectivity index (χ3v) is 5.02. The molecule has 3 rings (SSSR count). The zero-order valence-electron chi connectivity index (χ0n) is 13.5. The number of ether oxygens (including phenoxy) is 2. The Morgan fingerprint density at radius 3 is 2.19 bits per heavy atom. The summed E-state index contributed by atoms with van der Waals surface area (Å²) in [7, 11) is -0.272. The molecule has 21 heavy (non-hydrogen) atoms. The summed E-state index contributed by atoms with van der Waals surface area (Å²) in [4.78, 5) is 0. The number of hydrogen-bond donors (Lipinski definition) is 0. The van der Waals surface area contributed by atoms with E-state index in [-0.39, 0.29) is 24.1 Å². The van der Waals surface area contributed by atoms with Crippen LogP contribution in [0.2, 0.25) is 0 Å². The van der Waals surface area contributed by atoms with Crippen molar-refractivity contribution in [1.82, 2.24) is 0 Å². The molecule has 0 radical (unpaired) electrons. The molecule has 2 heterocycles. The lowest BCUT2D eigenvalue weighted by molar-refractivity contribution is -0.161. The van der Waals surface area contributed by atoms with Gasteiger partial charge < -0.3 is 18.8 Å². The molecule has 3 aliphatic rings. The highest BCUT2D eigenvalue weighted by molar-refractivity contribution is 6.51. The van der Waals surface area contributed by atoms with Gasteiger partial charge in [0, 0.05) is 12.8 Å². The van der Waals surface area contributed by atoms with Gasteiger partial charge in [0.05, 0.1) is 24.4 Å².